The summed E-state index contributed by atoms with van der Waals surface area (Å²) in [5.74, 6) is -0.0664. The maximum atomic E-state index is 13.9. The fraction of sp³-hybridized carbons (Fsp3) is 0.312. The predicted octanol–water partition coefficient (Wildman–Crippen LogP) is 4.33. The first kappa shape index (κ1) is 31.0. The Kier molecular flexibility index (Phi) is 9.48. The minimum absolute atomic E-state index is 0. The average molecular weight is 614 g/mol. The first-order chi connectivity index (χ1) is 20.9. The van der Waals surface area contributed by atoms with Gasteiger partial charge in [-0.2, -0.15) is 5.21 Å². The number of nitrogens with two attached hydrogens (primary N) is 2. The van der Waals surface area contributed by atoms with Crippen molar-refractivity contribution in [2.24, 2.45) is 23.3 Å². The van der Waals surface area contributed by atoms with E-state index in [4.69, 9.17) is 11.5 Å². The molecule has 1 atom stereocenters. The Bertz CT molecular complexity index is 1710. The van der Waals surface area contributed by atoms with Crippen LogP contribution >= 0.6 is 12.4 Å². The Morgan fingerprint density at radius 3 is 2.36 bits per heavy atom. The van der Waals surface area contributed by atoms with Gasteiger partial charge in [0.2, 0.25) is 11.7 Å². The summed E-state index contributed by atoms with van der Waals surface area (Å²) in [6, 6.07) is 18.3. The fourth-order valence-electron chi connectivity index (χ4n) is 5.96. The number of hydrogen-bond acceptors (Lipinski definition) is 8. The van der Waals surface area contributed by atoms with Crippen LogP contribution in [-0.4, -0.2) is 55.0 Å². The zero-order valence-corrected chi connectivity index (χ0v) is 25.3. The largest absolute Gasteiger partial charge is 0.345 e. The number of carbonyl (C=O) groups is 2. The van der Waals surface area contributed by atoms with Gasteiger partial charge in [0, 0.05) is 11.5 Å². The van der Waals surface area contributed by atoms with Gasteiger partial charge in [0.05, 0.1) is 29.1 Å². The topological polar surface area (TPSA) is 173 Å². The summed E-state index contributed by atoms with van der Waals surface area (Å²) < 4.78 is 0. The fourth-order valence-corrected chi connectivity index (χ4v) is 5.96. The van der Waals surface area contributed by atoms with Gasteiger partial charge in [-0.1, -0.05) is 24.3 Å². The normalized spacial score (nSPS) is 17.2. The molecule has 1 fully saturated rings. The molecule has 0 saturated heterocycles. The molecule has 0 bridgehead atoms. The summed E-state index contributed by atoms with van der Waals surface area (Å²) >= 11 is 0. The van der Waals surface area contributed by atoms with Crippen molar-refractivity contribution in [1.82, 2.24) is 30.6 Å². The molecule has 1 aliphatic carbocycles. The lowest BCUT2D eigenvalue weighted by Gasteiger charge is -2.32. The molecule has 228 valence electrons. The van der Waals surface area contributed by atoms with Crippen LogP contribution in [0.25, 0.3) is 33.5 Å². The van der Waals surface area contributed by atoms with E-state index in [0.29, 0.717) is 48.8 Å². The number of aromatic amines is 2. The molecule has 6 N–H and O–H groups in total. The summed E-state index contributed by atoms with van der Waals surface area (Å²) in [4.78, 5) is 36.6. The lowest BCUT2D eigenvalue weighted by atomic mass is 9.81. The SMILES string of the molecule is Cc1cc2[nH]cnc2cc1-c1ccc(C[C@H](N)C(=O)N(C(=O)C2CCC(CN)CC2)c2ccc(-c3nn[nH]n3)cc2)cc1.Cl. The van der Waals surface area contributed by atoms with Crippen LogP contribution in [-0.2, 0) is 16.0 Å². The van der Waals surface area contributed by atoms with Gasteiger partial charge in [-0.25, -0.2) is 9.88 Å². The lowest BCUT2D eigenvalue weighted by Crippen LogP contribution is -2.50. The summed E-state index contributed by atoms with van der Waals surface area (Å²) in [7, 11) is 0. The monoisotopic (exact) mass is 613 g/mol. The number of nitrogens with zero attached hydrogens (tertiary/aromatic N) is 5. The van der Waals surface area contributed by atoms with Crippen LogP contribution in [0.15, 0.2) is 67.0 Å². The Morgan fingerprint density at radius 2 is 1.70 bits per heavy atom. The summed E-state index contributed by atoms with van der Waals surface area (Å²) in [6.45, 7) is 2.68. The molecule has 2 amide bonds. The number of aromatic nitrogens is 6. The maximum Gasteiger partial charge on any atom is 0.251 e. The third-order valence-corrected chi connectivity index (χ3v) is 8.50. The summed E-state index contributed by atoms with van der Waals surface area (Å²) in [6.07, 6.45) is 5.13. The molecule has 2 aromatic heterocycles. The van der Waals surface area contributed by atoms with Crippen LogP contribution in [0, 0.1) is 18.8 Å². The molecule has 44 heavy (non-hydrogen) atoms. The van der Waals surface area contributed by atoms with Gasteiger partial charge in [0.15, 0.2) is 0 Å². The van der Waals surface area contributed by atoms with Crippen molar-refractivity contribution in [3.05, 3.63) is 78.1 Å². The van der Waals surface area contributed by atoms with E-state index in [1.54, 1.807) is 30.6 Å². The highest BCUT2D eigenvalue weighted by Crippen LogP contribution is 2.32. The minimum Gasteiger partial charge on any atom is -0.345 e. The number of benzene rings is 3. The molecule has 0 spiro atoms. The number of anilines is 1. The minimum atomic E-state index is -0.908. The van der Waals surface area contributed by atoms with Crippen molar-refractivity contribution < 1.29 is 9.59 Å². The highest BCUT2D eigenvalue weighted by molar-refractivity contribution is 6.17. The van der Waals surface area contributed by atoms with Crippen molar-refractivity contribution in [1.29, 1.82) is 0 Å². The number of amides is 2. The Hall–Kier alpha value is -4.45. The van der Waals surface area contributed by atoms with Crippen LogP contribution in [0.1, 0.15) is 36.8 Å². The van der Waals surface area contributed by atoms with E-state index in [1.165, 1.54) is 4.90 Å². The van der Waals surface area contributed by atoms with E-state index in [2.05, 4.69) is 49.6 Å². The van der Waals surface area contributed by atoms with E-state index in [9.17, 15) is 9.59 Å². The maximum absolute atomic E-state index is 13.9. The highest BCUT2D eigenvalue weighted by Gasteiger charge is 2.35. The van der Waals surface area contributed by atoms with Crippen molar-refractivity contribution in [3.8, 4) is 22.5 Å². The van der Waals surface area contributed by atoms with Crippen LogP contribution in [0.4, 0.5) is 5.69 Å². The molecular weight excluding hydrogens is 578 g/mol. The number of halogens is 1. The molecule has 0 radical (unpaired) electrons. The van der Waals surface area contributed by atoms with Gasteiger partial charge < -0.3 is 16.5 Å². The van der Waals surface area contributed by atoms with Gasteiger partial charge in [-0.05, 0) is 115 Å². The zero-order chi connectivity index (χ0) is 29.9. The Labute approximate surface area is 261 Å². The third kappa shape index (κ3) is 6.40. The van der Waals surface area contributed by atoms with Crippen molar-refractivity contribution in [3.63, 3.8) is 0 Å². The molecule has 0 aliphatic heterocycles. The van der Waals surface area contributed by atoms with Crippen LogP contribution in [0.5, 0.6) is 0 Å². The molecule has 2 heterocycles. The zero-order valence-electron chi connectivity index (χ0n) is 24.4. The number of aryl methyl sites for hydroxylation is 1. The van der Waals surface area contributed by atoms with E-state index in [-0.39, 0.29) is 24.2 Å². The third-order valence-electron chi connectivity index (χ3n) is 8.50. The number of imidazole rings is 1. The predicted molar refractivity (Wildman–Crippen MR) is 172 cm³/mol. The summed E-state index contributed by atoms with van der Waals surface area (Å²) in [5, 5.41) is 14.0. The van der Waals surface area contributed by atoms with Crippen LogP contribution < -0.4 is 16.4 Å². The number of fused-ring (bicyclic) bond motifs is 1. The second kappa shape index (κ2) is 13.5. The molecule has 5 aromatic rings. The van der Waals surface area contributed by atoms with Crippen molar-refractivity contribution >= 4 is 40.9 Å². The van der Waals surface area contributed by atoms with E-state index < -0.39 is 11.9 Å². The molecule has 3 aromatic carbocycles. The lowest BCUT2D eigenvalue weighted by molar-refractivity contribution is -0.130. The molecule has 6 rings (SSSR count). The molecule has 11 nitrogen and oxygen atoms in total. The van der Waals surface area contributed by atoms with Gasteiger partial charge in [-0.15, -0.1) is 22.6 Å². The molecule has 1 aliphatic rings. The second-order valence-corrected chi connectivity index (χ2v) is 11.3. The van der Waals surface area contributed by atoms with Crippen LogP contribution in [0.3, 0.4) is 0 Å². The van der Waals surface area contributed by atoms with Crippen molar-refractivity contribution in [2.45, 2.75) is 45.1 Å². The van der Waals surface area contributed by atoms with Gasteiger partial charge >= 0.3 is 0 Å². The number of nitrogens with one attached hydrogen (secondary N) is 2. The first-order valence-corrected chi connectivity index (χ1v) is 14.6. The molecule has 1 saturated carbocycles. The number of carbonyl (C=O) groups excluding carboxylic acids is 2. The van der Waals surface area contributed by atoms with E-state index in [0.717, 1.165) is 46.1 Å². The smallest absolute Gasteiger partial charge is 0.251 e. The van der Waals surface area contributed by atoms with Crippen molar-refractivity contribution in [2.75, 3.05) is 11.4 Å². The number of tetrazole rings is 1. The van der Waals surface area contributed by atoms with Gasteiger partial charge in [0.25, 0.3) is 5.91 Å². The van der Waals surface area contributed by atoms with E-state index >= 15 is 0 Å². The Morgan fingerprint density at radius 1 is 1.00 bits per heavy atom. The average Bonchev–Trinajstić information content (AvgIpc) is 3.74. The molecule has 12 heteroatoms. The number of hydrogen-bond donors (Lipinski definition) is 4. The van der Waals surface area contributed by atoms with Gasteiger partial charge in [0.1, 0.15) is 0 Å². The summed E-state index contributed by atoms with van der Waals surface area (Å²) in [5.41, 5.74) is 19.7. The molecular formula is C32H36ClN9O2. The first-order valence-electron chi connectivity index (χ1n) is 14.6. The molecule has 0 unspecified atom stereocenters. The number of imide groups is 1. The number of H-pyrrole nitrogens is 2. The van der Waals surface area contributed by atoms with E-state index in [1.807, 2.05) is 24.3 Å². The second-order valence-electron chi connectivity index (χ2n) is 11.3. The number of rotatable bonds is 8. The highest BCUT2D eigenvalue weighted by atomic mass is 35.5. The van der Waals surface area contributed by atoms with Gasteiger partial charge in [-0.3, -0.25) is 9.59 Å². The quantitative estimate of drug-likeness (QED) is 0.200. The van der Waals surface area contributed by atoms with Crippen LogP contribution in [0.2, 0.25) is 0 Å². The Balaban J connectivity index is 0.00000384. The standard InChI is InChI=1S/C32H35N9O2.ClH/c1-19-14-28-29(36-18-35-28)16-26(19)22-6-2-20(3-7-22)15-27(34)32(43)41(31(42)24-8-4-21(17-33)5-9-24)25-12-10-23(11-13-25)30-37-39-40-38-30;/h2-3,6-7,10-14,16,18,21,24,27H,4-5,8-9,15,17,33-34H2,1H3,(H,35,36)(H,37,38,39,40);1H/t21?,24?,27-;/m0./s1.